The van der Waals surface area contributed by atoms with E-state index in [1.165, 1.54) is 13.3 Å². The van der Waals surface area contributed by atoms with Gasteiger partial charge in [-0.2, -0.15) is 0 Å². The summed E-state index contributed by atoms with van der Waals surface area (Å²) in [4.78, 5) is 10.8. The van der Waals surface area contributed by atoms with Gasteiger partial charge in [-0.25, -0.2) is 0 Å². The lowest BCUT2D eigenvalue weighted by Gasteiger charge is -2.28. The van der Waals surface area contributed by atoms with Gasteiger partial charge in [-0.05, 0) is 25.7 Å². The van der Waals surface area contributed by atoms with E-state index in [1.807, 2.05) is 0 Å². The molecule has 1 rings (SSSR count). The molecule has 2 atom stereocenters. The highest BCUT2D eigenvalue weighted by molar-refractivity contribution is 5.80. The molecule has 0 aliphatic heterocycles. The maximum atomic E-state index is 10.8. The Balaban J connectivity index is 2.44. The van der Waals surface area contributed by atoms with Crippen molar-refractivity contribution in [2.45, 2.75) is 51.2 Å². The third-order valence-corrected chi connectivity index (χ3v) is 2.87. The fourth-order valence-corrected chi connectivity index (χ4v) is 1.97. The zero-order valence-electron chi connectivity index (χ0n) is 8.07. The van der Waals surface area contributed by atoms with Crippen LogP contribution in [0.15, 0.2) is 0 Å². The van der Waals surface area contributed by atoms with E-state index < -0.39 is 12.2 Å². The number of aliphatic hydroxyl groups excluding tert-OH is 2. The summed E-state index contributed by atoms with van der Waals surface area (Å²) in [6.07, 6.45) is 3.26. The Labute approximate surface area is 78.8 Å². The maximum Gasteiger partial charge on any atom is 0.160 e. The number of hydrogen-bond acceptors (Lipinski definition) is 3. The number of Topliss-reactive ketones (excluding diaryl/α,β-unsaturated/α-hetero) is 1. The Hall–Kier alpha value is -0.410. The molecule has 0 radical (unpaired) electrons. The fourth-order valence-electron chi connectivity index (χ4n) is 1.97. The number of hydrogen-bond donors (Lipinski definition) is 2. The van der Waals surface area contributed by atoms with Crippen molar-refractivity contribution < 1.29 is 15.0 Å². The van der Waals surface area contributed by atoms with E-state index in [1.54, 1.807) is 0 Å². The van der Waals surface area contributed by atoms with Crippen LogP contribution in [0.2, 0.25) is 0 Å². The van der Waals surface area contributed by atoms with Crippen LogP contribution in [0, 0.1) is 5.92 Å². The Morgan fingerprint density at radius 1 is 1.23 bits per heavy atom. The summed E-state index contributed by atoms with van der Waals surface area (Å²) in [7, 11) is 0. The second-order valence-corrected chi connectivity index (χ2v) is 3.94. The zero-order valence-corrected chi connectivity index (χ0v) is 8.07. The topological polar surface area (TPSA) is 57.5 Å². The van der Waals surface area contributed by atoms with Gasteiger partial charge in [0.15, 0.2) is 5.78 Å². The Bertz CT molecular complexity index is 173. The molecular formula is C10H18O3. The number of carbonyl (C=O) groups is 1. The van der Waals surface area contributed by atoms with Crippen LogP contribution in [-0.2, 0) is 4.79 Å². The van der Waals surface area contributed by atoms with Crippen molar-refractivity contribution in [3.8, 4) is 0 Å². The van der Waals surface area contributed by atoms with Crippen LogP contribution in [0.5, 0.6) is 0 Å². The molecule has 1 fully saturated rings. The lowest BCUT2D eigenvalue weighted by atomic mass is 9.83. The Morgan fingerprint density at radius 3 is 2.23 bits per heavy atom. The maximum absolute atomic E-state index is 10.8. The molecule has 0 heterocycles. The predicted molar refractivity (Wildman–Crippen MR) is 49.3 cm³/mol. The molecule has 1 saturated carbocycles. The molecule has 3 heteroatoms. The van der Waals surface area contributed by atoms with E-state index in [2.05, 4.69) is 0 Å². The van der Waals surface area contributed by atoms with E-state index in [-0.39, 0.29) is 11.7 Å². The van der Waals surface area contributed by atoms with Crippen molar-refractivity contribution >= 4 is 5.78 Å². The zero-order chi connectivity index (χ0) is 9.84. The largest absolute Gasteiger partial charge is 0.390 e. The first-order valence-electron chi connectivity index (χ1n) is 4.99. The van der Waals surface area contributed by atoms with E-state index in [0.29, 0.717) is 0 Å². The standard InChI is InChI=1S/C10H18O3/c1-7(11)9(12)10(13)8-5-3-2-4-6-8/h8-10,12-13H,2-6H2,1H3. The number of ketones is 1. The molecule has 76 valence electrons. The van der Waals surface area contributed by atoms with E-state index >= 15 is 0 Å². The summed E-state index contributed by atoms with van der Waals surface area (Å²) >= 11 is 0. The summed E-state index contributed by atoms with van der Waals surface area (Å²) in [5, 5.41) is 19.0. The molecule has 2 N–H and O–H groups in total. The summed E-state index contributed by atoms with van der Waals surface area (Å²) in [6, 6.07) is 0. The normalized spacial score (nSPS) is 23.9. The van der Waals surface area contributed by atoms with Gasteiger partial charge >= 0.3 is 0 Å². The van der Waals surface area contributed by atoms with Gasteiger partial charge in [-0.1, -0.05) is 19.3 Å². The minimum Gasteiger partial charge on any atom is -0.390 e. The van der Waals surface area contributed by atoms with Crippen LogP contribution in [0.1, 0.15) is 39.0 Å². The summed E-state index contributed by atoms with van der Waals surface area (Å²) < 4.78 is 0. The van der Waals surface area contributed by atoms with E-state index in [4.69, 9.17) is 0 Å². The second kappa shape index (κ2) is 4.72. The number of rotatable bonds is 3. The molecule has 13 heavy (non-hydrogen) atoms. The van der Waals surface area contributed by atoms with Gasteiger partial charge in [0, 0.05) is 0 Å². The lowest BCUT2D eigenvalue weighted by Crippen LogP contribution is -2.38. The minimum atomic E-state index is -1.18. The van der Waals surface area contributed by atoms with Crippen LogP contribution in [0.25, 0.3) is 0 Å². The van der Waals surface area contributed by atoms with Gasteiger partial charge in [0.25, 0.3) is 0 Å². The highest BCUT2D eigenvalue weighted by Gasteiger charge is 2.29. The van der Waals surface area contributed by atoms with Crippen molar-refractivity contribution in [1.82, 2.24) is 0 Å². The molecule has 0 amide bonds. The molecule has 3 nitrogen and oxygen atoms in total. The van der Waals surface area contributed by atoms with Gasteiger partial charge in [-0.15, -0.1) is 0 Å². The third-order valence-electron chi connectivity index (χ3n) is 2.87. The number of aliphatic hydroxyl groups is 2. The smallest absolute Gasteiger partial charge is 0.160 e. The highest BCUT2D eigenvalue weighted by Crippen LogP contribution is 2.27. The number of carbonyl (C=O) groups excluding carboxylic acids is 1. The SMILES string of the molecule is CC(=O)C(O)C(O)C1CCCCC1. The van der Waals surface area contributed by atoms with Gasteiger partial charge in [0.1, 0.15) is 6.10 Å². The van der Waals surface area contributed by atoms with Gasteiger partial charge in [-0.3, -0.25) is 4.79 Å². The fraction of sp³-hybridized carbons (Fsp3) is 0.900. The van der Waals surface area contributed by atoms with Crippen molar-refractivity contribution in [3.05, 3.63) is 0 Å². The van der Waals surface area contributed by atoms with Crippen LogP contribution in [0.4, 0.5) is 0 Å². The van der Waals surface area contributed by atoms with Gasteiger partial charge in [0.2, 0.25) is 0 Å². The van der Waals surface area contributed by atoms with Crippen LogP contribution >= 0.6 is 0 Å². The third kappa shape index (κ3) is 2.78. The van der Waals surface area contributed by atoms with E-state index in [9.17, 15) is 15.0 Å². The molecule has 1 aliphatic rings. The van der Waals surface area contributed by atoms with Crippen LogP contribution < -0.4 is 0 Å². The van der Waals surface area contributed by atoms with Crippen molar-refractivity contribution in [2.75, 3.05) is 0 Å². The second-order valence-electron chi connectivity index (χ2n) is 3.94. The molecule has 2 unspecified atom stereocenters. The quantitative estimate of drug-likeness (QED) is 0.687. The molecule has 0 aromatic carbocycles. The minimum absolute atomic E-state index is 0.118. The Kier molecular flexibility index (Phi) is 3.88. The molecule has 0 saturated heterocycles. The van der Waals surface area contributed by atoms with Gasteiger partial charge in [0.05, 0.1) is 6.10 Å². The first kappa shape index (κ1) is 10.7. The monoisotopic (exact) mass is 186 g/mol. The summed E-state index contributed by atoms with van der Waals surface area (Å²) in [5.41, 5.74) is 0. The molecule has 0 bridgehead atoms. The first-order chi connectivity index (χ1) is 6.13. The molecular weight excluding hydrogens is 168 g/mol. The lowest BCUT2D eigenvalue weighted by molar-refractivity contribution is -0.133. The summed E-state index contributed by atoms with van der Waals surface area (Å²) in [6.45, 7) is 1.32. The molecule has 0 aromatic heterocycles. The van der Waals surface area contributed by atoms with Crippen molar-refractivity contribution in [3.63, 3.8) is 0 Å². The van der Waals surface area contributed by atoms with Gasteiger partial charge < -0.3 is 10.2 Å². The Morgan fingerprint density at radius 2 is 1.77 bits per heavy atom. The first-order valence-corrected chi connectivity index (χ1v) is 4.99. The highest BCUT2D eigenvalue weighted by atomic mass is 16.3. The molecule has 0 aromatic rings. The van der Waals surface area contributed by atoms with Crippen LogP contribution in [0.3, 0.4) is 0 Å². The van der Waals surface area contributed by atoms with Crippen molar-refractivity contribution in [1.29, 1.82) is 0 Å². The average molecular weight is 186 g/mol. The van der Waals surface area contributed by atoms with E-state index in [0.717, 1.165) is 25.7 Å². The summed E-state index contributed by atoms with van der Waals surface area (Å²) in [5.74, 6) is -0.217. The predicted octanol–water partition coefficient (Wildman–Crippen LogP) is 0.878. The van der Waals surface area contributed by atoms with Crippen LogP contribution in [-0.4, -0.2) is 28.2 Å². The molecule has 0 spiro atoms. The molecule has 1 aliphatic carbocycles. The average Bonchev–Trinajstić information content (AvgIpc) is 2.17. The van der Waals surface area contributed by atoms with Crippen molar-refractivity contribution in [2.24, 2.45) is 5.92 Å².